The average molecular weight is 306 g/mol. The van der Waals surface area contributed by atoms with Crippen LogP contribution < -0.4 is 0 Å². The van der Waals surface area contributed by atoms with Crippen molar-refractivity contribution in [2.45, 2.75) is 63.9 Å². The molecule has 2 aliphatic carbocycles. The predicted octanol–water partition coefficient (Wildman–Crippen LogP) is 1.99. The zero-order chi connectivity index (χ0) is 15.9. The van der Waals surface area contributed by atoms with E-state index in [-0.39, 0.29) is 53.1 Å². The molecule has 0 radical (unpaired) electrons. The lowest BCUT2D eigenvalue weighted by Crippen LogP contribution is -2.40. The van der Waals surface area contributed by atoms with Crippen molar-refractivity contribution in [2.24, 2.45) is 17.8 Å². The minimum absolute atomic E-state index is 0.0805. The topological polar surface area (TPSA) is 65.1 Å². The van der Waals surface area contributed by atoms with E-state index in [1.165, 1.54) is 12.5 Å². The van der Waals surface area contributed by atoms with E-state index >= 15 is 0 Å². The van der Waals surface area contributed by atoms with Gasteiger partial charge in [-0.1, -0.05) is 18.6 Å². The molecule has 2 aliphatic heterocycles. The zero-order valence-electron chi connectivity index (χ0n) is 13.4. The van der Waals surface area contributed by atoms with Crippen molar-refractivity contribution in [3.8, 4) is 0 Å². The summed E-state index contributed by atoms with van der Waals surface area (Å²) in [4.78, 5) is 23.7. The van der Waals surface area contributed by atoms with Gasteiger partial charge in [-0.3, -0.25) is 9.59 Å². The van der Waals surface area contributed by atoms with Gasteiger partial charge in [0.05, 0.1) is 11.5 Å². The van der Waals surface area contributed by atoms with Crippen LogP contribution >= 0.6 is 0 Å². The van der Waals surface area contributed by atoms with E-state index in [4.69, 9.17) is 14.2 Å². The molecule has 120 valence electrons. The van der Waals surface area contributed by atoms with Crippen LogP contribution in [0.3, 0.4) is 0 Å². The smallest absolute Gasteiger partial charge is 0.309 e. The van der Waals surface area contributed by atoms with Gasteiger partial charge in [0.25, 0.3) is 0 Å². The van der Waals surface area contributed by atoms with Crippen LogP contribution in [0.5, 0.6) is 0 Å². The normalized spacial score (nSPS) is 51.9. The molecule has 2 saturated heterocycles. The van der Waals surface area contributed by atoms with Crippen LogP contribution in [-0.4, -0.2) is 35.3 Å². The van der Waals surface area contributed by atoms with Crippen molar-refractivity contribution in [1.29, 1.82) is 0 Å². The number of esters is 2. The van der Waals surface area contributed by atoms with Crippen LogP contribution in [0.25, 0.3) is 0 Å². The Kier molecular flexibility index (Phi) is 2.68. The van der Waals surface area contributed by atoms with E-state index < -0.39 is 0 Å². The summed E-state index contributed by atoms with van der Waals surface area (Å²) in [6.45, 7) is 7.47. The highest BCUT2D eigenvalue weighted by atomic mass is 16.6. The van der Waals surface area contributed by atoms with Crippen molar-refractivity contribution in [2.75, 3.05) is 0 Å². The van der Waals surface area contributed by atoms with E-state index in [0.717, 1.165) is 6.42 Å². The number of epoxide rings is 1. The van der Waals surface area contributed by atoms with Gasteiger partial charge in [-0.05, 0) is 20.3 Å². The summed E-state index contributed by atoms with van der Waals surface area (Å²) in [5.41, 5.74) is 0.644. The van der Waals surface area contributed by atoms with E-state index in [0.29, 0.717) is 6.42 Å². The van der Waals surface area contributed by atoms with Crippen LogP contribution in [0.15, 0.2) is 11.6 Å². The third-order valence-electron chi connectivity index (χ3n) is 6.23. The molecule has 5 nitrogen and oxygen atoms in total. The van der Waals surface area contributed by atoms with Gasteiger partial charge in [-0.2, -0.15) is 0 Å². The van der Waals surface area contributed by atoms with Gasteiger partial charge in [-0.25, -0.2) is 0 Å². The molecule has 1 saturated carbocycles. The Hall–Kier alpha value is -1.36. The maximum Gasteiger partial charge on any atom is 0.309 e. The number of ether oxygens (including phenoxy) is 3. The van der Waals surface area contributed by atoms with Gasteiger partial charge in [0.15, 0.2) is 0 Å². The average Bonchev–Trinajstić information content (AvgIpc) is 2.68. The number of hydrogen-bond donors (Lipinski definition) is 0. The molecule has 22 heavy (non-hydrogen) atoms. The molecule has 0 unspecified atom stereocenters. The Bertz CT molecular complexity index is 596. The lowest BCUT2D eigenvalue weighted by molar-refractivity contribution is -0.152. The summed E-state index contributed by atoms with van der Waals surface area (Å²) in [5, 5.41) is 0. The maximum absolute atomic E-state index is 12.2. The van der Waals surface area contributed by atoms with Crippen LogP contribution in [-0.2, 0) is 23.8 Å². The summed E-state index contributed by atoms with van der Waals surface area (Å²) in [7, 11) is 0. The number of hydrogen-bond acceptors (Lipinski definition) is 5. The Balaban J connectivity index is 1.78. The molecule has 4 aliphatic rings. The van der Waals surface area contributed by atoms with Crippen molar-refractivity contribution in [1.82, 2.24) is 0 Å². The molecule has 7 atom stereocenters. The number of fused-ring (bicyclic) bond motifs is 2. The lowest BCUT2D eigenvalue weighted by Gasteiger charge is -2.30. The fourth-order valence-electron chi connectivity index (χ4n) is 5.14. The molecule has 0 aromatic carbocycles. The molecule has 1 spiro atoms. The number of carbonyl (C=O) groups is 2. The van der Waals surface area contributed by atoms with Gasteiger partial charge in [0, 0.05) is 25.2 Å². The standard InChI is InChI=1S/C17H22O5/c1-8-5-6-17-13(8)14-12(9(2)15(19)21-14)11(20-10(3)18)7-16(17,4)22-17/h5,9,11-14H,6-7H2,1-4H3/t9-,11-,12+,13+,14-,16+,17-/m0/s1. The number of rotatable bonds is 1. The second-order valence-corrected chi connectivity index (χ2v) is 7.47. The fourth-order valence-corrected chi connectivity index (χ4v) is 5.14. The second kappa shape index (κ2) is 4.13. The summed E-state index contributed by atoms with van der Waals surface area (Å²) in [5.74, 6) is -0.759. The van der Waals surface area contributed by atoms with E-state index in [9.17, 15) is 9.59 Å². The summed E-state index contributed by atoms with van der Waals surface area (Å²) in [6.07, 6.45) is 3.10. The molecule has 0 N–H and O–H groups in total. The monoisotopic (exact) mass is 306 g/mol. The first-order valence-corrected chi connectivity index (χ1v) is 8.04. The molecular weight excluding hydrogens is 284 g/mol. The molecule has 0 aromatic rings. The van der Waals surface area contributed by atoms with Crippen LogP contribution in [0.4, 0.5) is 0 Å². The van der Waals surface area contributed by atoms with Crippen molar-refractivity contribution >= 4 is 11.9 Å². The lowest BCUT2D eigenvalue weighted by atomic mass is 9.77. The number of carbonyl (C=O) groups excluding carboxylic acids is 2. The Morgan fingerprint density at radius 2 is 2.18 bits per heavy atom. The minimum atomic E-state index is -0.327. The molecule has 4 rings (SSSR count). The highest BCUT2D eigenvalue weighted by Gasteiger charge is 2.77. The van der Waals surface area contributed by atoms with Gasteiger partial charge < -0.3 is 14.2 Å². The third-order valence-corrected chi connectivity index (χ3v) is 6.23. The van der Waals surface area contributed by atoms with E-state index in [1.54, 1.807) is 0 Å². The Morgan fingerprint density at radius 3 is 2.86 bits per heavy atom. The molecule has 3 fully saturated rings. The Morgan fingerprint density at radius 1 is 1.45 bits per heavy atom. The molecule has 5 heteroatoms. The van der Waals surface area contributed by atoms with Crippen LogP contribution in [0.1, 0.15) is 40.5 Å². The predicted molar refractivity (Wildman–Crippen MR) is 76.8 cm³/mol. The van der Waals surface area contributed by atoms with E-state index in [1.807, 2.05) is 6.92 Å². The molecule has 2 heterocycles. The summed E-state index contributed by atoms with van der Waals surface area (Å²) >= 11 is 0. The quantitative estimate of drug-likeness (QED) is 0.421. The molecule has 0 aromatic heterocycles. The molecule has 0 bridgehead atoms. The van der Waals surface area contributed by atoms with E-state index in [2.05, 4.69) is 19.9 Å². The Labute approximate surface area is 130 Å². The zero-order valence-corrected chi connectivity index (χ0v) is 13.4. The van der Waals surface area contributed by atoms with Crippen molar-refractivity contribution in [3.05, 3.63) is 11.6 Å². The summed E-state index contributed by atoms with van der Waals surface area (Å²) in [6, 6.07) is 0. The summed E-state index contributed by atoms with van der Waals surface area (Å²) < 4.78 is 17.5. The van der Waals surface area contributed by atoms with Crippen molar-refractivity contribution in [3.63, 3.8) is 0 Å². The third kappa shape index (κ3) is 1.58. The van der Waals surface area contributed by atoms with Crippen LogP contribution in [0.2, 0.25) is 0 Å². The maximum atomic E-state index is 12.2. The van der Waals surface area contributed by atoms with Gasteiger partial charge in [-0.15, -0.1) is 0 Å². The highest BCUT2D eigenvalue weighted by Crippen LogP contribution is 2.67. The minimum Gasteiger partial charge on any atom is -0.462 e. The first kappa shape index (κ1) is 14.2. The van der Waals surface area contributed by atoms with Gasteiger partial charge in [0.2, 0.25) is 0 Å². The first-order chi connectivity index (χ1) is 10.3. The van der Waals surface area contributed by atoms with Gasteiger partial charge in [0.1, 0.15) is 17.8 Å². The largest absolute Gasteiger partial charge is 0.462 e. The fraction of sp³-hybridized carbons (Fsp3) is 0.765. The second-order valence-electron chi connectivity index (χ2n) is 7.47. The molecule has 0 amide bonds. The first-order valence-electron chi connectivity index (χ1n) is 8.04. The highest BCUT2D eigenvalue weighted by molar-refractivity contribution is 5.75. The van der Waals surface area contributed by atoms with Gasteiger partial charge >= 0.3 is 11.9 Å². The van der Waals surface area contributed by atoms with Crippen molar-refractivity contribution < 1.29 is 23.8 Å². The van der Waals surface area contributed by atoms with Crippen LogP contribution in [0, 0.1) is 17.8 Å². The molecular formula is C17H22O5. The SMILES string of the molecule is CC(=O)O[C@H]1C[C@@]2(C)O[C@]23CC=C(C)[C@@H]3[C@H]2OC(=O)[C@@H](C)[C@@H]21.